The van der Waals surface area contributed by atoms with Gasteiger partial charge in [0.2, 0.25) is 0 Å². The number of hydrogen-bond donors (Lipinski definition) is 1. The molecule has 0 amide bonds. The number of benzene rings is 1. The zero-order chi connectivity index (χ0) is 17.4. The molecule has 1 N–H and O–H groups in total. The molecule has 1 heterocycles. The monoisotopic (exact) mass is 338 g/mol. The van der Waals surface area contributed by atoms with Crippen molar-refractivity contribution in [3.05, 3.63) is 24.3 Å². The second-order valence-corrected chi connectivity index (χ2v) is 5.91. The van der Waals surface area contributed by atoms with E-state index in [-0.39, 0.29) is 12.6 Å². The number of aliphatic carboxylic acids is 1. The first-order chi connectivity index (χ1) is 11.6. The van der Waals surface area contributed by atoms with Crippen molar-refractivity contribution in [2.75, 3.05) is 60.1 Å². The van der Waals surface area contributed by atoms with E-state index in [2.05, 4.69) is 4.90 Å². The first-order valence-corrected chi connectivity index (χ1v) is 8.08. The van der Waals surface area contributed by atoms with Gasteiger partial charge in [0.25, 0.3) is 0 Å². The minimum atomic E-state index is -0.821. The highest BCUT2D eigenvalue weighted by Gasteiger charge is 2.22. The minimum absolute atomic E-state index is 0.0282. The molecular weight excluding hydrogens is 312 g/mol. The van der Waals surface area contributed by atoms with Crippen molar-refractivity contribution in [2.24, 2.45) is 0 Å². The van der Waals surface area contributed by atoms with Crippen LogP contribution in [-0.2, 0) is 9.53 Å². The molecule has 1 aliphatic heterocycles. The lowest BCUT2D eigenvalue weighted by Gasteiger charge is -2.34. The lowest BCUT2D eigenvalue weighted by atomic mass is 10.2. The van der Waals surface area contributed by atoms with E-state index >= 15 is 0 Å². The number of nitrogens with zero attached hydrogens (tertiary/aromatic N) is 2. The third-order valence-electron chi connectivity index (χ3n) is 3.88. The summed E-state index contributed by atoms with van der Waals surface area (Å²) in [5.41, 5.74) is 0. The maximum atomic E-state index is 10.7. The van der Waals surface area contributed by atoms with E-state index in [1.807, 2.05) is 24.3 Å². The summed E-state index contributed by atoms with van der Waals surface area (Å²) in [7, 11) is 3.43. The van der Waals surface area contributed by atoms with Gasteiger partial charge in [0.05, 0.1) is 26.4 Å². The summed E-state index contributed by atoms with van der Waals surface area (Å²) in [5, 5.41) is 8.81. The van der Waals surface area contributed by atoms with Crippen molar-refractivity contribution in [1.29, 1.82) is 0 Å². The van der Waals surface area contributed by atoms with Crippen molar-refractivity contribution in [2.45, 2.75) is 6.10 Å². The summed E-state index contributed by atoms with van der Waals surface area (Å²) in [6.45, 7) is 4.37. The smallest absolute Gasteiger partial charge is 0.317 e. The van der Waals surface area contributed by atoms with Gasteiger partial charge in [-0.25, -0.2) is 0 Å². The summed E-state index contributed by atoms with van der Waals surface area (Å²) < 4.78 is 16.6. The zero-order valence-corrected chi connectivity index (χ0v) is 14.3. The number of carboxylic acids is 1. The predicted octanol–water partition coefficient (Wildman–Crippen LogP) is 0.791. The Balaban J connectivity index is 1.69. The first-order valence-electron chi connectivity index (χ1n) is 8.08. The molecule has 134 valence electrons. The Kier molecular flexibility index (Phi) is 7.30. The van der Waals surface area contributed by atoms with Crippen LogP contribution < -0.4 is 9.47 Å². The van der Waals surface area contributed by atoms with Gasteiger partial charge >= 0.3 is 5.97 Å². The number of ether oxygens (including phenoxy) is 3. The number of likely N-dealkylation sites (N-methyl/N-ethyl adjacent to an activating group) is 1. The van der Waals surface area contributed by atoms with E-state index in [0.29, 0.717) is 19.8 Å². The van der Waals surface area contributed by atoms with Gasteiger partial charge in [-0.15, -0.1) is 0 Å². The molecule has 1 aromatic carbocycles. The Bertz CT molecular complexity index is 508. The van der Waals surface area contributed by atoms with Gasteiger partial charge < -0.3 is 19.3 Å². The van der Waals surface area contributed by atoms with E-state index < -0.39 is 5.97 Å². The molecule has 24 heavy (non-hydrogen) atoms. The van der Waals surface area contributed by atoms with E-state index in [4.69, 9.17) is 19.3 Å². The molecule has 7 nitrogen and oxygen atoms in total. The molecule has 1 aromatic rings. The average Bonchev–Trinajstić information content (AvgIpc) is 2.55. The van der Waals surface area contributed by atoms with Gasteiger partial charge in [0.1, 0.15) is 18.1 Å². The molecule has 7 heteroatoms. The van der Waals surface area contributed by atoms with E-state index in [1.54, 1.807) is 19.1 Å². The molecule has 0 bridgehead atoms. The molecular formula is C17H26N2O5. The van der Waals surface area contributed by atoms with Crippen LogP contribution in [-0.4, -0.2) is 87.1 Å². The van der Waals surface area contributed by atoms with Gasteiger partial charge in [-0.1, -0.05) is 0 Å². The van der Waals surface area contributed by atoms with E-state index in [1.165, 1.54) is 0 Å². The first kappa shape index (κ1) is 18.5. The summed E-state index contributed by atoms with van der Waals surface area (Å²) in [5.74, 6) is 0.809. The van der Waals surface area contributed by atoms with Gasteiger partial charge in [-0.3, -0.25) is 14.6 Å². The molecule has 0 spiro atoms. The van der Waals surface area contributed by atoms with Gasteiger partial charge in [0, 0.05) is 26.2 Å². The summed E-state index contributed by atoms with van der Waals surface area (Å²) in [4.78, 5) is 14.8. The summed E-state index contributed by atoms with van der Waals surface area (Å²) in [6, 6.07) is 7.53. The third kappa shape index (κ3) is 6.35. The van der Waals surface area contributed by atoms with Crippen LogP contribution in [0, 0.1) is 0 Å². The maximum Gasteiger partial charge on any atom is 0.317 e. The lowest BCUT2D eigenvalue weighted by Crippen LogP contribution is -2.48. The molecule has 1 fully saturated rings. The Morgan fingerprint density at radius 3 is 2.75 bits per heavy atom. The largest absolute Gasteiger partial charge is 0.497 e. The van der Waals surface area contributed by atoms with E-state index in [9.17, 15) is 4.79 Å². The molecule has 0 saturated carbocycles. The number of rotatable bonds is 9. The Hall–Kier alpha value is -1.83. The number of hydrogen-bond acceptors (Lipinski definition) is 6. The standard InChI is InChI=1S/C17H26N2O5/c1-18(13-17(20)21)11-16-12-19(8-10-24-16)7-9-23-15-5-3-14(22-2)4-6-15/h3-6,16H,7-13H2,1-2H3,(H,20,21). The third-order valence-corrected chi connectivity index (χ3v) is 3.88. The predicted molar refractivity (Wildman–Crippen MR) is 89.8 cm³/mol. The summed E-state index contributed by atoms with van der Waals surface area (Å²) >= 11 is 0. The fourth-order valence-corrected chi connectivity index (χ4v) is 2.70. The quantitative estimate of drug-likeness (QED) is 0.714. The van der Waals surface area contributed by atoms with Crippen molar-refractivity contribution in [3.63, 3.8) is 0 Å². The Morgan fingerprint density at radius 1 is 1.38 bits per heavy atom. The van der Waals surface area contributed by atoms with Crippen LogP contribution in [0.4, 0.5) is 0 Å². The molecule has 1 atom stereocenters. The van der Waals surface area contributed by atoms with Crippen LogP contribution >= 0.6 is 0 Å². The molecule has 0 aliphatic carbocycles. The highest BCUT2D eigenvalue weighted by Crippen LogP contribution is 2.17. The van der Waals surface area contributed by atoms with Crippen LogP contribution in [0.1, 0.15) is 0 Å². The zero-order valence-electron chi connectivity index (χ0n) is 14.3. The van der Waals surface area contributed by atoms with Crippen molar-refractivity contribution >= 4 is 5.97 Å². The second-order valence-electron chi connectivity index (χ2n) is 5.91. The van der Waals surface area contributed by atoms with Gasteiger partial charge in [-0.05, 0) is 31.3 Å². The van der Waals surface area contributed by atoms with Crippen molar-refractivity contribution in [1.82, 2.24) is 9.80 Å². The van der Waals surface area contributed by atoms with Crippen molar-refractivity contribution in [3.8, 4) is 11.5 Å². The molecule has 1 aliphatic rings. The molecule has 0 radical (unpaired) electrons. The second kappa shape index (κ2) is 9.46. The minimum Gasteiger partial charge on any atom is -0.497 e. The van der Waals surface area contributed by atoms with Crippen LogP contribution in [0.25, 0.3) is 0 Å². The highest BCUT2D eigenvalue weighted by atomic mass is 16.5. The number of carboxylic acid groups (broad SMARTS) is 1. The van der Waals surface area contributed by atoms with Gasteiger partial charge in [-0.2, -0.15) is 0 Å². The van der Waals surface area contributed by atoms with E-state index in [0.717, 1.165) is 31.1 Å². The molecule has 1 unspecified atom stereocenters. The fraction of sp³-hybridized carbons (Fsp3) is 0.588. The number of methoxy groups -OCH3 is 1. The lowest BCUT2D eigenvalue weighted by molar-refractivity contribution is -0.138. The van der Waals surface area contributed by atoms with Crippen LogP contribution in [0.5, 0.6) is 11.5 Å². The normalized spacial score (nSPS) is 18.5. The fourth-order valence-electron chi connectivity index (χ4n) is 2.70. The Labute approximate surface area is 142 Å². The maximum absolute atomic E-state index is 10.7. The molecule has 2 rings (SSSR count). The van der Waals surface area contributed by atoms with Crippen LogP contribution in [0.15, 0.2) is 24.3 Å². The van der Waals surface area contributed by atoms with Gasteiger partial charge in [0.15, 0.2) is 0 Å². The highest BCUT2D eigenvalue weighted by molar-refractivity contribution is 5.69. The SMILES string of the molecule is COc1ccc(OCCN2CCOC(CN(C)CC(=O)O)C2)cc1. The van der Waals surface area contributed by atoms with Crippen LogP contribution in [0.3, 0.4) is 0 Å². The van der Waals surface area contributed by atoms with Crippen LogP contribution in [0.2, 0.25) is 0 Å². The average molecular weight is 338 g/mol. The van der Waals surface area contributed by atoms with Crippen molar-refractivity contribution < 1.29 is 24.1 Å². The summed E-state index contributed by atoms with van der Waals surface area (Å²) in [6.07, 6.45) is 0.0316. The Morgan fingerprint density at radius 2 is 2.08 bits per heavy atom. The molecule has 0 aromatic heterocycles. The number of morpholine rings is 1. The number of carbonyl (C=O) groups is 1. The topological polar surface area (TPSA) is 71.5 Å². The molecule has 1 saturated heterocycles.